The second-order valence-electron chi connectivity index (χ2n) is 7.20. The zero-order valence-corrected chi connectivity index (χ0v) is 16.7. The maximum Gasteiger partial charge on any atom is 0.270 e. The van der Waals surface area contributed by atoms with Gasteiger partial charge in [-0.1, -0.05) is 30.3 Å². The summed E-state index contributed by atoms with van der Waals surface area (Å²) in [6, 6.07) is 21.5. The predicted octanol–water partition coefficient (Wildman–Crippen LogP) is 4.71. The van der Waals surface area contributed by atoms with Gasteiger partial charge >= 0.3 is 0 Å². The number of imidazole rings is 1. The molecular weight excluding hydrogens is 406 g/mol. The number of nitrogens with zero attached hydrogens (tertiary/aromatic N) is 3. The van der Waals surface area contributed by atoms with Crippen molar-refractivity contribution in [3.8, 4) is 5.69 Å². The van der Waals surface area contributed by atoms with E-state index < -0.39 is 4.92 Å². The number of aromatic nitrogens is 2. The van der Waals surface area contributed by atoms with Gasteiger partial charge in [0, 0.05) is 47.2 Å². The normalized spacial score (nSPS) is 13.9. The van der Waals surface area contributed by atoms with Crippen LogP contribution in [0.1, 0.15) is 11.1 Å². The molecule has 0 saturated heterocycles. The van der Waals surface area contributed by atoms with Crippen molar-refractivity contribution in [2.45, 2.75) is 0 Å². The van der Waals surface area contributed by atoms with E-state index in [1.54, 1.807) is 18.6 Å². The molecule has 3 aromatic carbocycles. The van der Waals surface area contributed by atoms with Crippen LogP contribution in [0.3, 0.4) is 0 Å². The lowest BCUT2D eigenvalue weighted by Crippen LogP contribution is -2.10. The number of fused-ring (bicyclic) bond motifs is 1. The first-order valence-electron chi connectivity index (χ1n) is 9.85. The lowest BCUT2D eigenvalue weighted by molar-refractivity contribution is -0.384. The van der Waals surface area contributed by atoms with Gasteiger partial charge in [-0.15, -0.1) is 0 Å². The molecule has 32 heavy (non-hydrogen) atoms. The lowest BCUT2D eigenvalue weighted by atomic mass is 9.99. The number of carbonyl (C=O) groups excluding carboxylic acids is 1. The van der Waals surface area contributed by atoms with Crippen LogP contribution >= 0.6 is 0 Å². The van der Waals surface area contributed by atoms with Crippen molar-refractivity contribution >= 4 is 34.2 Å². The second-order valence-corrected chi connectivity index (χ2v) is 7.20. The third-order valence-electron chi connectivity index (χ3n) is 5.21. The van der Waals surface area contributed by atoms with Crippen molar-refractivity contribution in [2.24, 2.45) is 0 Å². The van der Waals surface area contributed by atoms with E-state index in [0.717, 1.165) is 16.9 Å². The molecule has 1 amide bonds. The quantitative estimate of drug-likeness (QED) is 0.275. The van der Waals surface area contributed by atoms with Crippen LogP contribution in [0.2, 0.25) is 0 Å². The second kappa shape index (κ2) is 7.84. The Hall–Kier alpha value is -4.72. The molecule has 5 rings (SSSR count). The summed E-state index contributed by atoms with van der Waals surface area (Å²) in [5.74, 6) is -0.318. The van der Waals surface area contributed by atoms with Crippen LogP contribution in [-0.4, -0.2) is 20.4 Å². The minimum Gasteiger partial charge on any atom is -0.354 e. The maximum absolute atomic E-state index is 12.9. The van der Waals surface area contributed by atoms with Crippen LogP contribution < -0.4 is 10.6 Å². The molecule has 1 aliphatic heterocycles. The molecule has 4 aromatic rings. The average molecular weight is 423 g/mol. The number of rotatable bonds is 5. The Balaban J connectivity index is 1.62. The number of nitro groups is 1. The Morgan fingerprint density at radius 2 is 1.81 bits per heavy atom. The molecule has 0 saturated carbocycles. The van der Waals surface area contributed by atoms with E-state index in [2.05, 4.69) is 15.6 Å². The minimum atomic E-state index is -0.467. The minimum absolute atomic E-state index is 0.0742. The average Bonchev–Trinajstić information content (AvgIpc) is 3.46. The van der Waals surface area contributed by atoms with Gasteiger partial charge in [0.2, 0.25) is 0 Å². The van der Waals surface area contributed by atoms with Crippen molar-refractivity contribution in [1.29, 1.82) is 0 Å². The lowest BCUT2D eigenvalue weighted by Gasteiger charge is -2.15. The molecule has 2 N–H and O–H groups in total. The number of anilines is 2. The van der Waals surface area contributed by atoms with Gasteiger partial charge in [0.25, 0.3) is 11.6 Å². The van der Waals surface area contributed by atoms with Gasteiger partial charge in [-0.2, -0.15) is 0 Å². The van der Waals surface area contributed by atoms with E-state index in [1.807, 2.05) is 65.4 Å². The topological polar surface area (TPSA) is 102 Å². The standard InChI is InChI=1S/C24H17N5O3/c30-24-22(20-14-19(29(31)32)10-11-21(20)27-24)23(16-4-2-1-3-5-16)26-17-6-8-18(9-7-17)28-13-12-25-15-28/h1-15,26H,(H,27,30). The first kappa shape index (κ1) is 19.3. The fourth-order valence-corrected chi connectivity index (χ4v) is 3.67. The molecule has 0 bridgehead atoms. The van der Waals surface area contributed by atoms with Gasteiger partial charge in [0.15, 0.2) is 0 Å². The molecule has 0 unspecified atom stereocenters. The number of benzene rings is 3. The fraction of sp³-hybridized carbons (Fsp3) is 0. The number of hydrogen-bond donors (Lipinski definition) is 2. The molecule has 0 aliphatic carbocycles. The van der Waals surface area contributed by atoms with Crippen molar-refractivity contribution in [1.82, 2.24) is 9.55 Å². The third-order valence-corrected chi connectivity index (χ3v) is 5.21. The predicted molar refractivity (Wildman–Crippen MR) is 122 cm³/mol. The van der Waals surface area contributed by atoms with Crippen molar-refractivity contribution in [2.75, 3.05) is 10.6 Å². The number of carbonyl (C=O) groups is 1. The third kappa shape index (κ3) is 3.50. The van der Waals surface area contributed by atoms with E-state index in [9.17, 15) is 14.9 Å². The molecule has 1 aromatic heterocycles. The van der Waals surface area contributed by atoms with Crippen molar-refractivity contribution < 1.29 is 9.72 Å². The van der Waals surface area contributed by atoms with Crippen LogP contribution in [0.25, 0.3) is 17.0 Å². The summed E-state index contributed by atoms with van der Waals surface area (Å²) < 4.78 is 1.89. The van der Waals surface area contributed by atoms with Gasteiger partial charge in [0.1, 0.15) is 0 Å². The van der Waals surface area contributed by atoms with Gasteiger partial charge in [-0.25, -0.2) is 4.98 Å². The molecule has 0 atom stereocenters. The highest BCUT2D eigenvalue weighted by Crippen LogP contribution is 2.39. The number of nitrogens with one attached hydrogen (secondary N) is 2. The van der Waals surface area contributed by atoms with Gasteiger partial charge in [-0.05, 0) is 35.9 Å². The van der Waals surface area contributed by atoms with E-state index >= 15 is 0 Å². The Labute approximate surface area is 183 Å². The van der Waals surface area contributed by atoms with Crippen LogP contribution in [-0.2, 0) is 4.79 Å². The number of hydrogen-bond acceptors (Lipinski definition) is 5. The summed E-state index contributed by atoms with van der Waals surface area (Å²) in [6.07, 6.45) is 5.28. The van der Waals surface area contributed by atoms with Crippen LogP contribution in [0, 0.1) is 10.1 Å². The Morgan fingerprint density at radius 1 is 1.03 bits per heavy atom. The van der Waals surface area contributed by atoms with E-state index in [-0.39, 0.29) is 11.6 Å². The zero-order valence-electron chi connectivity index (χ0n) is 16.7. The van der Waals surface area contributed by atoms with E-state index in [1.165, 1.54) is 12.1 Å². The summed E-state index contributed by atoms with van der Waals surface area (Å²) in [5.41, 5.74) is 4.39. The van der Waals surface area contributed by atoms with Crippen molar-refractivity contribution in [3.63, 3.8) is 0 Å². The summed E-state index contributed by atoms with van der Waals surface area (Å²) >= 11 is 0. The number of non-ortho nitro benzene ring substituents is 1. The highest BCUT2D eigenvalue weighted by atomic mass is 16.6. The molecule has 2 heterocycles. The fourth-order valence-electron chi connectivity index (χ4n) is 3.67. The summed E-state index contributed by atoms with van der Waals surface area (Å²) in [7, 11) is 0. The molecule has 1 aliphatic rings. The van der Waals surface area contributed by atoms with Gasteiger partial charge < -0.3 is 15.2 Å². The summed E-state index contributed by atoms with van der Waals surface area (Å²) in [6.45, 7) is 0. The first-order valence-corrected chi connectivity index (χ1v) is 9.85. The van der Waals surface area contributed by atoms with E-state index in [0.29, 0.717) is 22.5 Å². The highest BCUT2D eigenvalue weighted by molar-refractivity contribution is 6.37. The van der Waals surface area contributed by atoms with E-state index in [4.69, 9.17) is 0 Å². The Kier molecular flexibility index (Phi) is 4.72. The molecule has 0 fully saturated rings. The monoisotopic (exact) mass is 423 g/mol. The SMILES string of the molecule is O=C1Nc2ccc([N+](=O)[O-])cc2C1=C(Nc1ccc(-n2ccnc2)cc1)c1ccccc1. The Bertz CT molecular complexity index is 1340. The molecule has 8 nitrogen and oxygen atoms in total. The number of nitro benzene ring substituents is 1. The van der Waals surface area contributed by atoms with Gasteiger partial charge in [0.05, 0.1) is 22.5 Å². The van der Waals surface area contributed by atoms with Crippen LogP contribution in [0.4, 0.5) is 17.1 Å². The summed E-state index contributed by atoms with van der Waals surface area (Å²) in [5, 5.41) is 17.5. The van der Waals surface area contributed by atoms with Crippen molar-refractivity contribution in [3.05, 3.63) is 113 Å². The smallest absolute Gasteiger partial charge is 0.270 e. The van der Waals surface area contributed by atoms with Gasteiger partial charge in [-0.3, -0.25) is 14.9 Å². The molecule has 8 heteroatoms. The molecule has 0 radical (unpaired) electrons. The molecule has 0 spiro atoms. The first-order chi connectivity index (χ1) is 15.6. The Morgan fingerprint density at radius 3 is 2.50 bits per heavy atom. The largest absolute Gasteiger partial charge is 0.354 e. The van der Waals surface area contributed by atoms with Crippen LogP contribution in [0.15, 0.2) is 91.5 Å². The molecular formula is C24H17N5O3. The van der Waals surface area contributed by atoms with Crippen LogP contribution in [0.5, 0.6) is 0 Å². The molecule has 156 valence electrons. The maximum atomic E-state index is 12.9. The zero-order chi connectivity index (χ0) is 22.1. The summed E-state index contributed by atoms with van der Waals surface area (Å²) in [4.78, 5) is 27.8. The highest BCUT2D eigenvalue weighted by Gasteiger charge is 2.30. The number of amides is 1.